The Kier molecular flexibility index (Phi) is 4.00. The second-order valence-electron chi connectivity index (χ2n) is 4.30. The van der Waals surface area contributed by atoms with Crippen LogP contribution in [0.5, 0.6) is 0 Å². The van der Waals surface area contributed by atoms with Gasteiger partial charge in [-0.2, -0.15) is 5.10 Å². The number of hydrogen-bond donors (Lipinski definition) is 0. The molecule has 0 saturated carbocycles. The van der Waals surface area contributed by atoms with Gasteiger partial charge in [-0.05, 0) is 31.5 Å². The van der Waals surface area contributed by atoms with E-state index in [0.717, 1.165) is 5.69 Å². The molecule has 1 heterocycles. The van der Waals surface area contributed by atoms with Crippen LogP contribution in [-0.4, -0.2) is 15.6 Å². The van der Waals surface area contributed by atoms with Gasteiger partial charge in [0.2, 0.25) is 0 Å². The molecular formula is C14H14ClFN2O. The maximum Gasteiger partial charge on any atom is 0.185 e. The number of nitrogens with zero attached hydrogens (tertiary/aromatic N) is 2. The molecule has 0 fully saturated rings. The highest BCUT2D eigenvalue weighted by atomic mass is 35.5. The van der Waals surface area contributed by atoms with Gasteiger partial charge < -0.3 is 0 Å². The number of rotatable bonds is 4. The number of ketones is 1. The number of aromatic nitrogens is 2. The van der Waals surface area contributed by atoms with Crippen LogP contribution < -0.4 is 0 Å². The molecule has 100 valence electrons. The van der Waals surface area contributed by atoms with Crippen LogP contribution in [0.2, 0.25) is 5.02 Å². The first-order valence-corrected chi connectivity index (χ1v) is 6.41. The highest BCUT2D eigenvalue weighted by Gasteiger charge is 2.16. The lowest BCUT2D eigenvalue weighted by molar-refractivity contribution is 0.0981. The van der Waals surface area contributed by atoms with Crippen molar-refractivity contribution in [2.24, 2.45) is 0 Å². The van der Waals surface area contributed by atoms with Crippen LogP contribution in [0, 0.1) is 12.7 Å². The monoisotopic (exact) mass is 280 g/mol. The fourth-order valence-electron chi connectivity index (χ4n) is 1.96. The van der Waals surface area contributed by atoms with Gasteiger partial charge in [-0.3, -0.25) is 9.48 Å². The predicted molar refractivity (Wildman–Crippen MR) is 72.1 cm³/mol. The SMILES string of the molecule is CCn1nc(C)cc1C(=O)Cc1cccc(Cl)c1F. The first kappa shape index (κ1) is 13.7. The fourth-order valence-corrected chi connectivity index (χ4v) is 2.15. The number of aryl methyl sites for hydroxylation is 2. The summed E-state index contributed by atoms with van der Waals surface area (Å²) >= 11 is 5.70. The van der Waals surface area contributed by atoms with Crippen molar-refractivity contribution in [2.75, 3.05) is 0 Å². The van der Waals surface area contributed by atoms with Gasteiger partial charge in [-0.25, -0.2) is 4.39 Å². The molecule has 0 aliphatic carbocycles. The summed E-state index contributed by atoms with van der Waals surface area (Å²) < 4.78 is 15.4. The number of carbonyl (C=O) groups is 1. The molecule has 3 nitrogen and oxygen atoms in total. The van der Waals surface area contributed by atoms with Gasteiger partial charge in [0.1, 0.15) is 11.5 Å². The molecule has 19 heavy (non-hydrogen) atoms. The van der Waals surface area contributed by atoms with Crippen LogP contribution in [0.3, 0.4) is 0 Å². The Bertz CT molecular complexity index is 622. The van der Waals surface area contributed by atoms with Crippen LogP contribution in [-0.2, 0) is 13.0 Å². The quantitative estimate of drug-likeness (QED) is 0.804. The van der Waals surface area contributed by atoms with E-state index in [1.807, 2.05) is 13.8 Å². The third-order valence-electron chi connectivity index (χ3n) is 2.87. The molecule has 0 bridgehead atoms. The zero-order valence-electron chi connectivity index (χ0n) is 10.8. The fraction of sp³-hybridized carbons (Fsp3) is 0.286. The molecule has 0 unspecified atom stereocenters. The van der Waals surface area contributed by atoms with Crippen molar-refractivity contribution in [2.45, 2.75) is 26.8 Å². The van der Waals surface area contributed by atoms with Crippen molar-refractivity contribution in [3.8, 4) is 0 Å². The van der Waals surface area contributed by atoms with Gasteiger partial charge in [0.25, 0.3) is 0 Å². The lowest BCUT2D eigenvalue weighted by Gasteiger charge is -2.05. The molecule has 1 aromatic heterocycles. The largest absolute Gasteiger partial charge is 0.292 e. The van der Waals surface area contributed by atoms with Gasteiger partial charge in [0.15, 0.2) is 5.78 Å². The molecule has 0 amide bonds. The van der Waals surface area contributed by atoms with Crippen molar-refractivity contribution >= 4 is 17.4 Å². The van der Waals surface area contributed by atoms with Gasteiger partial charge >= 0.3 is 0 Å². The second-order valence-corrected chi connectivity index (χ2v) is 4.71. The lowest BCUT2D eigenvalue weighted by atomic mass is 10.1. The topological polar surface area (TPSA) is 34.9 Å². The van der Waals surface area contributed by atoms with Gasteiger partial charge in [-0.1, -0.05) is 23.7 Å². The van der Waals surface area contributed by atoms with Crippen LogP contribution in [0.4, 0.5) is 4.39 Å². The van der Waals surface area contributed by atoms with E-state index in [1.165, 1.54) is 6.07 Å². The van der Waals surface area contributed by atoms with Crippen molar-refractivity contribution in [3.05, 3.63) is 52.1 Å². The Morgan fingerprint density at radius 2 is 2.21 bits per heavy atom. The van der Waals surface area contributed by atoms with Gasteiger partial charge in [-0.15, -0.1) is 0 Å². The van der Waals surface area contributed by atoms with E-state index < -0.39 is 5.82 Å². The predicted octanol–water partition coefficient (Wildman–Crippen LogP) is 3.43. The smallest absolute Gasteiger partial charge is 0.185 e. The summed E-state index contributed by atoms with van der Waals surface area (Å²) in [5.74, 6) is -0.694. The lowest BCUT2D eigenvalue weighted by Crippen LogP contribution is -2.12. The maximum atomic E-state index is 13.8. The van der Waals surface area contributed by atoms with Gasteiger partial charge in [0, 0.05) is 13.0 Å². The van der Waals surface area contributed by atoms with Crippen LogP contribution in [0.1, 0.15) is 28.7 Å². The van der Waals surface area contributed by atoms with E-state index in [0.29, 0.717) is 17.8 Å². The normalized spacial score (nSPS) is 10.7. The van der Waals surface area contributed by atoms with E-state index in [9.17, 15) is 9.18 Å². The minimum Gasteiger partial charge on any atom is -0.292 e. The van der Waals surface area contributed by atoms with Crippen molar-refractivity contribution in [1.29, 1.82) is 0 Å². The third kappa shape index (κ3) is 2.84. The molecule has 0 aliphatic rings. The molecule has 0 saturated heterocycles. The maximum absolute atomic E-state index is 13.8. The summed E-state index contributed by atoms with van der Waals surface area (Å²) in [6, 6.07) is 6.38. The Balaban J connectivity index is 2.28. The molecule has 5 heteroatoms. The van der Waals surface area contributed by atoms with Gasteiger partial charge in [0.05, 0.1) is 10.7 Å². The van der Waals surface area contributed by atoms with E-state index in [4.69, 9.17) is 11.6 Å². The minimum absolute atomic E-state index is 0.0163. The summed E-state index contributed by atoms with van der Waals surface area (Å²) in [7, 11) is 0. The molecule has 1 aromatic carbocycles. The van der Waals surface area contributed by atoms with Crippen LogP contribution in [0.15, 0.2) is 24.3 Å². The zero-order valence-corrected chi connectivity index (χ0v) is 11.5. The molecule has 0 spiro atoms. The Hall–Kier alpha value is -1.68. The molecule has 0 radical (unpaired) electrons. The highest BCUT2D eigenvalue weighted by Crippen LogP contribution is 2.19. The van der Waals surface area contributed by atoms with Crippen molar-refractivity contribution in [1.82, 2.24) is 9.78 Å². The zero-order chi connectivity index (χ0) is 14.0. The van der Waals surface area contributed by atoms with Crippen molar-refractivity contribution in [3.63, 3.8) is 0 Å². The first-order chi connectivity index (χ1) is 9.02. The number of halogens is 2. The van der Waals surface area contributed by atoms with E-state index in [1.54, 1.807) is 22.9 Å². The van der Waals surface area contributed by atoms with E-state index in [-0.39, 0.29) is 17.2 Å². The average Bonchev–Trinajstić information content (AvgIpc) is 2.76. The average molecular weight is 281 g/mol. The summed E-state index contributed by atoms with van der Waals surface area (Å²) in [5.41, 5.74) is 1.58. The minimum atomic E-state index is -0.531. The van der Waals surface area contributed by atoms with E-state index >= 15 is 0 Å². The second kappa shape index (κ2) is 5.53. The number of Topliss-reactive ketones (excluding diaryl/α,β-unsaturated/α-hetero) is 1. The third-order valence-corrected chi connectivity index (χ3v) is 3.16. The standard InChI is InChI=1S/C14H14ClFN2O/c1-3-18-12(7-9(2)17-18)13(19)8-10-5-4-6-11(15)14(10)16/h4-7H,3,8H2,1-2H3. The molecule has 0 N–H and O–H groups in total. The Morgan fingerprint density at radius 1 is 1.47 bits per heavy atom. The van der Waals surface area contributed by atoms with Crippen LogP contribution in [0.25, 0.3) is 0 Å². The van der Waals surface area contributed by atoms with Crippen molar-refractivity contribution < 1.29 is 9.18 Å². The molecular weight excluding hydrogens is 267 g/mol. The van der Waals surface area contributed by atoms with Crippen LogP contribution >= 0.6 is 11.6 Å². The molecule has 0 aliphatic heterocycles. The number of benzene rings is 1. The molecule has 0 atom stereocenters. The highest BCUT2D eigenvalue weighted by molar-refractivity contribution is 6.30. The number of hydrogen-bond acceptors (Lipinski definition) is 2. The summed E-state index contributed by atoms with van der Waals surface area (Å²) in [6.07, 6.45) is -0.0163. The molecule has 2 aromatic rings. The molecule has 2 rings (SSSR count). The Labute approximate surface area is 116 Å². The number of carbonyl (C=O) groups excluding carboxylic acids is 1. The Morgan fingerprint density at radius 3 is 2.89 bits per heavy atom. The summed E-state index contributed by atoms with van der Waals surface area (Å²) in [6.45, 7) is 4.33. The van der Waals surface area contributed by atoms with E-state index in [2.05, 4.69) is 5.10 Å². The first-order valence-electron chi connectivity index (χ1n) is 6.03. The summed E-state index contributed by atoms with van der Waals surface area (Å²) in [5, 5.41) is 4.24. The summed E-state index contributed by atoms with van der Waals surface area (Å²) in [4.78, 5) is 12.2.